The Morgan fingerprint density at radius 2 is 1.92 bits per heavy atom. The zero-order valence-electron chi connectivity index (χ0n) is 14.0. The number of nitrogens with one attached hydrogen (secondary N) is 1. The smallest absolute Gasteiger partial charge is 0.267 e. The number of sulfonamides is 1. The molecule has 0 bridgehead atoms. The van der Waals surface area contributed by atoms with Crippen molar-refractivity contribution in [3.63, 3.8) is 0 Å². The maximum absolute atomic E-state index is 12.9. The number of halogens is 3. The number of rotatable bonds is 5. The first-order chi connectivity index (χ1) is 12.2. The lowest BCUT2D eigenvalue weighted by Gasteiger charge is -2.30. The Kier molecular flexibility index (Phi) is 5.38. The molecule has 1 N–H and O–H groups in total. The normalized spacial score (nSPS) is 21.7. The van der Waals surface area contributed by atoms with E-state index in [1.54, 1.807) is 0 Å². The lowest BCUT2D eigenvalue weighted by Crippen LogP contribution is -2.41. The van der Waals surface area contributed by atoms with Crippen LogP contribution in [0.3, 0.4) is 0 Å². The second-order valence-electron chi connectivity index (χ2n) is 6.58. The molecule has 0 amide bonds. The molecule has 2 unspecified atom stereocenters. The minimum absolute atomic E-state index is 0.0393. The topological polar surface area (TPSA) is 64.0 Å². The van der Waals surface area contributed by atoms with Crippen molar-refractivity contribution in [2.24, 2.45) is 5.92 Å². The molecule has 1 heterocycles. The second-order valence-corrected chi connectivity index (χ2v) is 8.30. The van der Waals surface area contributed by atoms with E-state index in [-0.39, 0.29) is 17.7 Å². The van der Waals surface area contributed by atoms with Crippen molar-refractivity contribution in [3.8, 4) is 0 Å². The third kappa shape index (κ3) is 4.64. The maximum Gasteiger partial charge on any atom is 0.391 e. The number of alkyl halides is 3. The molecule has 1 aromatic heterocycles. The quantitative estimate of drug-likeness (QED) is 0.856. The van der Waals surface area contributed by atoms with Gasteiger partial charge in [-0.1, -0.05) is 36.8 Å². The highest BCUT2D eigenvalue weighted by Crippen LogP contribution is 2.37. The Bertz CT molecular complexity index is 834. The summed E-state index contributed by atoms with van der Waals surface area (Å²) < 4.78 is 67.5. The van der Waals surface area contributed by atoms with Crippen LogP contribution in [-0.4, -0.2) is 30.4 Å². The minimum atomic E-state index is -4.29. The molecule has 5 nitrogen and oxygen atoms in total. The molecule has 3 rings (SSSR count). The molecule has 142 valence electrons. The van der Waals surface area contributed by atoms with Crippen LogP contribution in [-0.2, 0) is 16.6 Å². The molecule has 1 aliphatic carbocycles. The van der Waals surface area contributed by atoms with E-state index in [9.17, 15) is 21.6 Å². The van der Waals surface area contributed by atoms with Gasteiger partial charge in [0.25, 0.3) is 0 Å². The first kappa shape index (κ1) is 18.9. The van der Waals surface area contributed by atoms with Crippen molar-refractivity contribution in [1.29, 1.82) is 0 Å². The van der Waals surface area contributed by atoms with E-state index in [1.165, 1.54) is 17.1 Å². The van der Waals surface area contributed by atoms with Crippen LogP contribution in [0.2, 0.25) is 0 Å². The highest BCUT2D eigenvalue weighted by atomic mass is 32.2. The van der Waals surface area contributed by atoms with Gasteiger partial charge in [0.15, 0.2) is 0 Å². The molecular formula is C17H20F3N3O2S. The van der Waals surface area contributed by atoms with E-state index in [1.807, 2.05) is 30.3 Å². The van der Waals surface area contributed by atoms with Gasteiger partial charge in [-0.25, -0.2) is 13.1 Å². The van der Waals surface area contributed by atoms with Gasteiger partial charge in [0.2, 0.25) is 10.0 Å². The van der Waals surface area contributed by atoms with Crippen LogP contribution in [0.15, 0.2) is 47.6 Å². The zero-order chi connectivity index (χ0) is 18.8. The zero-order valence-corrected chi connectivity index (χ0v) is 14.8. The van der Waals surface area contributed by atoms with E-state index in [0.717, 1.165) is 5.56 Å². The van der Waals surface area contributed by atoms with Crippen molar-refractivity contribution < 1.29 is 21.6 Å². The van der Waals surface area contributed by atoms with Gasteiger partial charge in [-0.15, -0.1) is 0 Å². The van der Waals surface area contributed by atoms with Crippen molar-refractivity contribution >= 4 is 10.0 Å². The molecule has 1 fully saturated rings. The van der Waals surface area contributed by atoms with Gasteiger partial charge in [0.05, 0.1) is 18.7 Å². The summed E-state index contributed by atoms with van der Waals surface area (Å²) in [6.07, 6.45) is -1.09. The summed E-state index contributed by atoms with van der Waals surface area (Å²) in [5.74, 6) is -1.45. The maximum atomic E-state index is 12.9. The van der Waals surface area contributed by atoms with Crippen LogP contribution >= 0.6 is 0 Å². The molecule has 9 heteroatoms. The molecule has 0 spiro atoms. The Labute approximate surface area is 150 Å². The molecular weight excluding hydrogens is 367 g/mol. The van der Waals surface area contributed by atoms with E-state index in [2.05, 4.69) is 9.82 Å². The molecule has 2 atom stereocenters. The molecule has 1 aliphatic rings. The molecule has 1 aromatic carbocycles. The van der Waals surface area contributed by atoms with Gasteiger partial charge in [0.1, 0.15) is 4.90 Å². The summed E-state index contributed by atoms with van der Waals surface area (Å²) in [6, 6.07) is 8.71. The highest BCUT2D eigenvalue weighted by molar-refractivity contribution is 7.89. The van der Waals surface area contributed by atoms with Crippen molar-refractivity contribution in [1.82, 2.24) is 14.5 Å². The van der Waals surface area contributed by atoms with Crippen LogP contribution in [0.5, 0.6) is 0 Å². The number of aromatic nitrogens is 2. The highest BCUT2D eigenvalue weighted by Gasteiger charge is 2.42. The second kappa shape index (κ2) is 7.40. The van der Waals surface area contributed by atoms with Crippen molar-refractivity contribution in [2.75, 3.05) is 0 Å². The van der Waals surface area contributed by atoms with Gasteiger partial charge < -0.3 is 0 Å². The number of nitrogens with zero attached hydrogens (tertiary/aromatic N) is 2. The standard InChI is InChI=1S/C17H20F3N3O2S/c18-17(19,20)14-7-4-8-15(9-14)22-26(24,25)16-10-21-23(12-16)11-13-5-2-1-3-6-13/h1-3,5-6,10,12,14-15,22H,4,7-9,11H2. The van der Waals surface area contributed by atoms with E-state index in [4.69, 9.17) is 0 Å². The molecule has 2 aromatic rings. The fourth-order valence-corrected chi connectivity index (χ4v) is 4.46. The third-order valence-corrected chi connectivity index (χ3v) is 6.04. The fourth-order valence-electron chi connectivity index (χ4n) is 3.22. The van der Waals surface area contributed by atoms with Crippen LogP contribution in [0.4, 0.5) is 13.2 Å². The molecule has 0 radical (unpaired) electrons. The summed E-state index contributed by atoms with van der Waals surface area (Å²) in [5, 5.41) is 4.04. The number of hydrogen-bond donors (Lipinski definition) is 1. The van der Waals surface area contributed by atoms with E-state index < -0.39 is 28.2 Å². The van der Waals surface area contributed by atoms with Crippen molar-refractivity contribution in [3.05, 3.63) is 48.3 Å². The van der Waals surface area contributed by atoms with Crippen LogP contribution in [0, 0.1) is 5.92 Å². The summed E-state index contributed by atoms with van der Waals surface area (Å²) in [5.41, 5.74) is 0.966. The number of hydrogen-bond acceptors (Lipinski definition) is 3. The first-order valence-corrected chi connectivity index (χ1v) is 9.88. The molecule has 1 saturated carbocycles. The summed E-state index contributed by atoms with van der Waals surface area (Å²) in [6.45, 7) is 0.413. The first-order valence-electron chi connectivity index (χ1n) is 8.39. The van der Waals surface area contributed by atoms with Gasteiger partial charge in [-0.05, 0) is 24.8 Å². The van der Waals surface area contributed by atoms with Crippen molar-refractivity contribution in [2.45, 2.75) is 49.3 Å². The minimum Gasteiger partial charge on any atom is -0.267 e. The molecule has 0 saturated heterocycles. The molecule has 26 heavy (non-hydrogen) atoms. The van der Waals surface area contributed by atoms with Gasteiger partial charge in [-0.2, -0.15) is 18.3 Å². The average Bonchev–Trinajstić information content (AvgIpc) is 3.04. The summed E-state index contributed by atoms with van der Waals surface area (Å²) in [4.78, 5) is -0.0393. The largest absolute Gasteiger partial charge is 0.391 e. The Morgan fingerprint density at radius 3 is 2.62 bits per heavy atom. The van der Waals surface area contributed by atoms with Gasteiger partial charge >= 0.3 is 6.18 Å². The van der Waals surface area contributed by atoms with Crippen LogP contribution in [0.25, 0.3) is 0 Å². The SMILES string of the molecule is O=S(=O)(NC1CCCC(C(F)(F)F)C1)c1cnn(Cc2ccccc2)c1. The van der Waals surface area contributed by atoms with Gasteiger partial charge in [0, 0.05) is 12.2 Å². The third-order valence-electron chi connectivity index (χ3n) is 4.57. The Morgan fingerprint density at radius 1 is 1.19 bits per heavy atom. The van der Waals surface area contributed by atoms with Crippen LogP contribution in [0.1, 0.15) is 31.2 Å². The lowest BCUT2D eigenvalue weighted by molar-refractivity contribution is -0.183. The Balaban J connectivity index is 1.67. The summed E-state index contributed by atoms with van der Waals surface area (Å²) in [7, 11) is -3.90. The average molecular weight is 387 g/mol. The predicted octanol–water partition coefficient (Wildman–Crippen LogP) is 3.33. The van der Waals surface area contributed by atoms with Gasteiger partial charge in [-0.3, -0.25) is 4.68 Å². The Hall–Kier alpha value is -1.87. The number of benzene rings is 1. The summed E-state index contributed by atoms with van der Waals surface area (Å²) >= 11 is 0. The monoisotopic (exact) mass is 387 g/mol. The van der Waals surface area contributed by atoms with Crippen LogP contribution < -0.4 is 4.72 Å². The fraction of sp³-hybridized carbons (Fsp3) is 0.471. The lowest BCUT2D eigenvalue weighted by atomic mass is 9.86. The van der Waals surface area contributed by atoms with E-state index in [0.29, 0.717) is 19.4 Å². The molecule has 0 aliphatic heterocycles. The predicted molar refractivity (Wildman–Crippen MR) is 89.9 cm³/mol. The van der Waals surface area contributed by atoms with E-state index >= 15 is 0 Å².